The van der Waals surface area contributed by atoms with Crippen molar-refractivity contribution in [1.82, 2.24) is 19.9 Å². The number of carbonyl (C=O) groups excluding carboxylic acids is 2. The third-order valence-corrected chi connectivity index (χ3v) is 5.87. The number of nitrogen functional groups attached to an aromatic ring is 1. The number of morpholine rings is 1. The molecule has 1 aromatic carbocycles. The Morgan fingerprint density at radius 3 is 2.92 bits per heavy atom. The third kappa shape index (κ3) is 4.03. The fourth-order valence-corrected chi connectivity index (χ4v) is 3.99. The van der Waals surface area contributed by atoms with E-state index in [1.54, 1.807) is 29.2 Å². The Labute approximate surface area is 203 Å². The SMILES string of the molecule is Cc1cc(-n2ccc(N3CCO[C@H]([C@@](C)(O)C(=O)Nc4cc(F)c5c(N)noc5c4)C3=O)n2)ccn1. The van der Waals surface area contributed by atoms with Crippen molar-refractivity contribution in [2.45, 2.75) is 25.6 Å². The molecule has 1 fully saturated rings. The summed E-state index contributed by atoms with van der Waals surface area (Å²) in [5.74, 6) is -2.20. The number of aromatic nitrogens is 4. The van der Waals surface area contributed by atoms with E-state index in [9.17, 15) is 19.1 Å². The quantitative estimate of drug-likeness (QED) is 0.373. The van der Waals surface area contributed by atoms with Crippen molar-refractivity contribution in [2.24, 2.45) is 0 Å². The maximum atomic E-state index is 14.4. The zero-order chi connectivity index (χ0) is 25.6. The average molecular weight is 495 g/mol. The van der Waals surface area contributed by atoms with Gasteiger partial charge in [0.15, 0.2) is 28.9 Å². The van der Waals surface area contributed by atoms with Crippen molar-refractivity contribution < 1.29 is 28.3 Å². The molecule has 4 aromatic rings. The number of carbonyl (C=O) groups is 2. The molecule has 3 aromatic heterocycles. The van der Waals surface area contributed by atoms with Crippen LogP contribution in [-0.4, -0.2) is 61.7 Å². The number of rotatable bonds is 5. The topological polar surface area (TPSA) is 162 Å². The summed E-state index contributed by atoms with van der Waals surface area (Å²) >= 11 is 0. The van der Waals surface area contributed by atoms with Crippen LogP contribution in [0.25, 0.3) is 16.7 Å². The first-order valence-corrected chi connectivity index (χ1v) is 10.9. The number of aliphatic hydroxyl groups is 1. The van der Waals surface area contributed by atoms with Gasteiger partial charge in [-0.1, -0.05) is 5.16 Å². The molecule has 5 rings (SSSR count). The molecule has 1 aliphatic rings. The number of nitrogens with zero attached hydrogens (tertiary/aromatic N) is 5. The van der Waals surface area contributed by atoms with Crippen LogP contribution in [0.4, 0.5) is 21.7 Å². The summed E-state index contributed by atoms with van der Waals surface area (Å²) in [6, 6.07) is 7.57. The minimum absolute atomic E-state index is 0.0126. The summed E-state index contributed by atoms with van der Waals surface area (Å²) in [6.45, 7) is 3.23. The molecule has 1 aliphatic heterocycles. The Morgan fingerprint density at radius 1 is 1.33 bits per heavy atom. The summed E-state index contributed by atoms with van der Waals surface area (Å²) in [5, 5.41) is 21.4. The van der Waals surface area contributed by atoms with Crippen LogP contribution in [-0.2, 0) is 14.3 Å². The van der Waals surface area contributed by atoms with Crippen LogP contribution in [0, 0.1) is 12.7 Å². The van der Waals surface area contributed by atoms with E-state index in [0.717, 1.165) is 24.4 Å². The van der Waals surface area contributed by atoms with Crippen molar-refractivity contribution in [3.8, 4) is 5.69 Å². The molecule has 0 radical (unpaired) electrons. The molecule has 36 heavy (non-hydrogen) atoms. The number of hydrogen-bond donors (Lipinski definition) is 3. The number of nitrogens with two attached hydrogens (primary N) is 1. The molecule has 0 spiro atoms. The van der Waals surface area contributed by atoms with Crippen molar-refractivity contribution in [1.29, 1.82) is 0 Å². The molecule has 186 valence electrons. The van der Waals surface area contributed by atoms with Gasteiger partial charge in [0.1, 0.15) is 11.2 Å². The molecule has 12 nitrogen and oxygen atoms in total. The summed E-state index contributed by atoms with van der Waals surface area (Å²) in [5.41, 5.74) is 4.83. The molecule has 0 saturated carbocycles. The van der Waals surface area contributed by atoms with Crippen LogP contribution in [0.5, 0.6) is 0 Å². The summed E-state index contributed by atoms with van der Waals surface area (Å²) in [4.78, 5) is 31.7. The van der Waals surface area contributed by atoms with Crippen LogP contribution in [0.1, 0.15) is 12.6 Å². The normalized spacial score (nSPS) is 17.8. The van der Waals surface area contributed by atoms with Gasteiger partial charge in [0.2, 0.25) is 0 Å². The Morgan fingerprint density at radius 2 is 2.14 bits per heavy atom. The van der Waals surface area contributed by atoms with Gasteiger partial charge in [-0.3, -0.25) is 19.5 Å². The van der Waals surface area contributed by atoms with E-state index in [4.69, 9.17) is 15.0 Å². The highest BCUT2D eigenvalue weighted by molar-refractivity contribution is 6.06. The van der Waals surface area contributed by atoms with Crippen molar-refractivity contribution in [3.05, 3.63) is 54.2 Å². The summed E-state index contributed by atoms with van der Waals surface area (Å²) < 4.78 is 26.4. The molecule has 2 atom stereocenters. The van der Waals surface area contributed by atoms with Crippen LogP contribution < -0.4 is 16.0 Å². The molecule has 0 aliphatic carbocycles. The molecule has 0 bridgehead atoms. The van der Waals surface area contributed by atoms with E-state index in [1.165, 1.54) is 11.0 Å². The minimum Gasteiger partial charge on any atom is -0.380 e. The van der Waals surface area contributed by atoms with Gasteiger partial charge in [-0.2, -0.15) is 0 Å². The second-order valence-corrected chi connectivity index (χ2v) is 8.52. The van der Waals surface area contributed by atoms with Crippen molar-refractivity contribution >= 4 is 40.1 Å². The number of halogens is 1. The first-order chi connectivity index (χ1) is 17.1. The number of pyridine rings is 1. The maximum absolute atomic E-state index is 14.4. The highest BCUT2D eigenvalue weighted by Crippen LogP contribution is 2.29. The third-order valence-electron chi connectivity index (χ3n) is 5.87. The zero-order valence-corrected chi connectivity index (χ0v) is 19.3. The van der Waals surface area contributed by atoms with Crippen LogP contribution in [0.2, 0.25) is 0 Å². The van der Waals surface area contributed by atoms with Gasteiger partial charge in [0.05, 0.1) is 18.8 Å². The number of anilines is 3. The van der Waals surface area contributed by atoms with Gasteiger partial charge in [0.25, 0.3) is 11.8 Å². The lowest BCUT2D eigenvalue weighted by Gasteiger charge is -2.37. The lowest BCUT2D eigenvalue weighted by atomic mass is 9.95. The Bertz CT molecular complexity index is 1480. The van der Waals surface area contributed by atoms with Crippen molar-refractivity contribution in [3.63, 3.8) is 0 Å². The van der Waals surface area contributed by atoms with Crippen LogP contribution in [0.15, 0.2) is 47.2 Å². The number of hydrogen-bond acceptors (Lipinski definition) is 9. The standard InChI is InChI=1S/C23H22FN7O5/c1-12-9-14(3-5-26-12)31-6-4-17(28-31)30-7-8-35-19(21(30)32)23(2,34)22(33)27-13-10-15(24)18-16(11-13)36-29-20(18)25/h3-6,9-11,19,34H,7-8H2,1-2H3,(H2,25,29)(H,27,33)/t19-,23+/m0/s1. The minimum atomic E-state index is -2.30. The van der Waals surface area contributed by atoms with E-state index in [0.29, 0.717) is 5.82 Å². The molecule has 2 amide bonds. The molecule has 1 saturated heterocycles. The fourth-order valence-electron chi connectivity index (χ4n) is 3.99. The van der Waals surface area contributed by atoms with Gasteiger partial charge in [-0.05, 0) is 32.0 Å². The summed E-state index contributed by atoms with van der Waals surface area (Å²) in [7, 11) is 0. The number of ether oxygens (including phenoxy) is 1. The highest BCUT2D eigenvalue weighted by Gasteiger charge is 2.49. The number of amides is 2. The lowest BCUT2D eigenvalue weighted by Crippen LogP contribution is -2.61. The van der Waals surface area contributed by atoms with E-state index in [1.807, 2.05) is 13.0 Å². The van der Waals surface area contributed by atoms with E-state index >= 15 is 0 Å². The lowest BCUT2D eigenvalue weighted by molar-refractivity contribution is -0.165. The van der Waals surface area contributed by atoms with E-state index in [-0.39, 0.29) is 35.6 Å². The average Bonchev–Trinajstić information content (AvgIpc) is 3.46. The van der Waals surface area contributed by atoms with Crippen LogP contribution in [0.3, 0.4) is 0 Å². The van der Waals surface area contributed by atoms with Gasteiger partial charge in [-0.25, -0.2) is 9.07 Å². The van der Waals surface area contributed by atoms with Gasteiger partial charge in [0, 0.05) is 35.9 Å². The molecule has 4 heterocycles. The Kier molecular flexibility index (Phi) is 5.65. The van der Waals surface area contributed by atoms with Gasteiger partial charge in [-0.15, -0.1) is 5.10 Å². The van der Waals surface area contributed by atoms with E-state index < -0.39 is 29.3 Å². The number of benzene rings is 1. The zero-order valence-electron chi connectivity index (χ0n) is 19.3. The fraction of sp³-hybridized carbons (Fsp3) is 0.261. The number of nitrogens with one attached hydrogen (secondary N) is 1. The summed E-state index contributed by atoms with van der Waals surface area (Å²) in [6.07, 6.45) is 1.81. The molecular weight excluding hydrogens is 473 g/mol. The molecule has 4 N–H and O–H groups in total. The van der Waals surface area contributed by atoms with Gasteiger partial charge < -0.3 is 25.4 Å². The van der Waals surface area contributed by atoms with Gasteiger partial charge >= 0.3 is 0 Å². The second kappa shape index (κ2) is 8.70. The van der Waals surface area contributed by atoms with Crippen LogP contribution >= 0.6 is 0 Å². The molecule has 0 unspecified atom stereocenters. The second-order valence-electron chi connectivity index (χ2n) is 8.52. The largest absolute Gasteiger partial charge is 0.380 e. The molecular formula is C23H22FN7O5. The number of aryl methyl sites for hydroxylation is 1. The predicted molar refractivity (Wildman–Crippen MR) is 126 cm³/mol. The van der Waals surface area contributed by atoms with E-state index in [2.05, 4.69) is 20.6 Å². The Balaban J connectivity index is 1.35. The molecule has 13 heteroatoms. The monoisotopic (exact) mass is 495 g/mol. The highest BCUT2D eigenvalue weighted by atomic mass is 19.1. The number of fused-ring (bicyclic) bond motifs is 1. The first-order valence-electron chi connectivity index (χ1n) is 10.9. The first kappa shape index (κ1) is 23.4. The Hall–Kier alpha value is -4.36. The maximum Gasteiger partial charge on any atom is 0.260 e. The van der Waals surface area contributed by atoms with Crippen molar-refractivity contribution in [2.75, 3.05) is 29.1 Å². The smallest absolute Gasteiger partial charge is 0.260 e. The predicted octanol–water partition coefficient (Wildman–Crippen LogP) is 1.56.